The predicted molar refractivity (Wildman–Crippen MR) is 165 cm³/mol. The molecular weight excluding hydrogens is 652 g/mol. The van der Waals surface area contributed by atoms with E-state index in [0.29, 0.717) is 16.7 Å². The number of ether oxygens (including phenoxy) is 10. The lowest BCUT2D eigenvalue weighted by molar-refractivity contribution is -0.151. The zero-order valence-electron chi connectivity index (χ0n) is 27.7. The standard InChI is InChI=1S/C14H18O6.C10H14O5.C9H12O5/c1-7(2)13(15)19-9-5-17-12-10(6-18-11(9)12)20-14(16)8(3)4;1-5(2)10(12)15-7-4-14-8-6(11)3-13-9(7)8;1-2-7(11)14-6-4-13-8-5(10)3-12-9(6)8/h9-12H,1,3,5-6H2,2,4H3;6-9,11H,1,3-4H2,2H3;2,5-6,8-10H,1,3-4H2. The Kier molecular flexibility index (Phi) is 13.3. The Morgan fingerprint density at radius 1 is 0.510 bits per heavy atom. The van der Waals surface area contributed by atoms with Crippen LogP contribution in [0.4, 0.5) is 0 Å². The largest absolute Gasteiger partial charge is 0.454 e. The van der Waals surface area contributed by atoms with Gasteiger partial charge in [0.2, 0.25) is 0 Å². The number of hydrogen-bond donors (Lipinski definition) is 2. The van der Waals surface area contributed by atoms with Gasteiger partial charge in [-0.05, 0) is 20.8 Å². The Labute approximate surface area is 283 Å². The molecule has 0 saturated carbocycles. The molecular formula is C33H44O16. The molecule has 16 heteroatoms. The lowest BCUT2D eigenvalue weighted by Crippen LogP contribution is -2.36. The van der Waals surface area contributed by atoms with Crippen molar-refractivity contribution in [2.24, 2.45) is 0 Å². The highest BCUT2D eigenvalue weighted by Gasteiger charge is 2.52. The van der Waals surface area contributed by atoms with E-state index in [4.69, 9.17) is 47.4 Å². The molecule has 0 aromatic rings. The van der Waals surface area contributed by atoms with Crippen molar-refractivity contribution in [3.8, 4) is 0 Å². The maximum Gasteiger partial charge on any atom is 0.333 e. The first-order valence-corrected chi connectivity index (χ1v) is 15.7. The Balaban J connectivity index is 0.000000169. The van der Waals surface area contributed by atoms with Gasteiger partial charge in [-0.25, -0.2) is 19.2 Å². The first kappa shape index (κ1) is 38.3. The van der Waals surface area contributed by atoms with E-state index in [-0.39, 0.29) is 64.1 Å². The van der Waals surface area contributed by atoms with Crippen molar-refractivity contribution < 1.29 is 76.8 Å². The van der Waals surface area contributed by atoms with E-state index in [9.17, 15) is 29.4 Å². The zero-order chi connectivity index (χ0) is 36.0. The second kappa shape index (κ2) is 17.0. The van der Waals surface area contributed by atoms with E-state index in [0.717, 1.165) is 6.08 Å². The summed E-state index contributed by atoms with van der Waals surface area (Å²) in [6.07, 6.45) is -4.26. The predicted octanol–water partition coefficient (Wildman–Crippen LogP) is -0.365. The number of carbonyl (C=O) groups is 4. The number of esters is 4. The summed E-state index contributed by atoms with van der Waals surface area (Å²) in [5.74, 6) is -1.91. The second-order valence-corrected chi connectivity index (χ2v) is 12.3. The fraction of sp³-hybridized carbons (Fsp3) is 0.636. The van der Waals surface area contributed by atoms with Gasteiger partial charge in [0, 0.05) is 22.8 Å². The second-order valence-electron chi connectivity index (χ2n) is 12.3. The highest BCUT2D eigenvalue weighted by atomic mass is 16.7. The van der Waals surface area contributed by atoms with Crippen LogP contribution in [-0.2, 0) is 66.5 Å². The van der Waals surface area contributed by atoms with Crippen LogP contribution >= 0.6 is 0 Å². The molecule has 6 fully saturated rings. The van der Waals surface area contributed by atoms with Crippen LogP contribution in [0.2, 0.25) is 0 Å². The molecule has 272 valence electrons. The molecule has 0 aromatic carbocycles. The zero-order valence-corrected chi connectivity index (χ0v) is 27.7. The van der Waals surface area contributed by atoms with Crippen molar-refractivity contribution >= 4 is 23.9 Å². The van der Waals surface area contributed by atoms with Crippen molar-refractivity contribution in [3.63, 3.8) is 0 Å². The van der Waals surface area contributed by atoms with E-state index in [1.165, 1.54) is 0 Å². The SMILES string of the molecule is C=C(C)C(=O)OC1COC2C(O)COC12.C=C(C)C(=O)OC1COC2C(OC(=O)C(=C)C)COC12.C=CC(=O)OC1COC2C(O)COC12. The third-order valence-electron chi connectivity index (χ3n) is 8.18. The van der Waals surface area contributed by atoms with Crippen molar-refractivity contribution in [1.29, 1.82) is 0 Å². The monoisotopic (exact) mass is 696 g/mol. The van der Waals surface area contributed by atoms with Gasteiger partial charge in [-0.2, -0.15) is 0 Å². The van der Waals surface area contributed by atoms with E-state index in [1.54, 1.807) is 20.8 Å². The molecule has 6 heterocycles. The summed E-state index contributed by atoms with van der Waals surface area (Å²) in [5.41, 5.74) is 0.977. The van der Waals surface area contributed by atoms with Crippen LogP contribution in [0.15, 0.2) is 49.1 Å². The molecule has 12 atom stereocenters. The van der Waals surface area contributed by atoms with Crippen LogP contribution in [0.1, 0.15) is 20.8 Å². The summed E-state index contributed by atoms with van der Waals surface area (Å²) >= 11 is 0. The first-order valence-electron chi connectivity index (χ1n) is 15.7. The topological polar surface area (TPSA) is 201 Å². The molecule has 49 heavy (non-hydrogen) atoms. The van der Waals surface area contributed by atoms with Gasteiger partial charge in [0.25, 0.3) is 0 Å². The van der Waals surface area contributed by atoms with Crippen LogP contribution in [-0.4, -0.2) is 147 Å². The average molecular weight is 697 g/mol. The number of carbonyl (C=O) groups excluding carboxylic acids is 4. The molecule has 0 bridgehead atoms. The maximum absolute atomic E-state index is 11.5. The fourth-order valence-electron chi connectivity index (χ4n) is 5.63. The van der Waals surface area contributed by atoms with Gasteiger partial charge in [-0.3, -0.25) is 0 Å². The molecule has 16 nitrogen and oxygen atoms in total. The lowest BCUT2D eigenvalue weighted by Gasteiger charge is -2.17. The molecule has 0 amide bonds. The fourth-order valence-corrected chi connectivity index (χ4v) is 5.63. The van der Waals surface area contributed by atoms with Crippen LogP contribution in [0.25, 0.3) is 0 Å². The van der Waals surface area contributed by atoms with Gasteiger partial charge in [-0.1, -0.05) is 26.3 Å². The Bertz CT molecular complexity index is 1250. The summed E-state index contributed by atoms with van der Waals surface area (Å²) in [6, 6.07) is 0. The molecule has 0 spiro atoms. The number of rotatable bonds is 8. The lowest BCUT2D eigenvalue weighted by atomic mass is 10.1. The van der Waals surface area contributed by atoms with Gasteiger partial charge in [0.05, 0.1) is 39.6 Å². The smallest absolute Gasteiger partial charge is 0.333 e. The van der Waals surface area contributed by atoms with Gasteiger partial charge in [0.1, 0.15) is 48.8 Å². The highest BCUT2D eigenvalue weighted by Crippen LogP contribution is 2.32. The van der Waals surface area contributed by atoms with Crippen molar-refractivity contribution in [2.45, 2.75) is 94.0 Å². The highest BCUT2D eigenvalue weighted by molar-refractivity contribution is 5.88. The van der Waals surface area contributed by atoms with E-state index >= 15 is 0 Å². The minimum absolute atomic E-state index is 0.218. The van der Waals surface area contributed by atoms with Gasteiger partial charge < -0.3 is 57.6 Å². The van der Waals surface area contributed by atoms with Crippen LogP contribution in [0.5, 0.6) is 0 Å². The molecule has 0 radical (unpaired) electrons. The quantitative estimate of drug-likeness (QED) is 0.189. The number of aliphatic hydroxyl groups is 2. The third kappa shape index (κ3) is 9.40. The van der Waals surface area contributed by atoms with Gasteiger partial charge in [0.15, 0.2) is 24.4 Å². The van der Waals surface area contributed by atoms with Crippen molar-refractivity contribution in [3.05, 3.63) is 49.1 Å². The van der Waals surface area contributed by atoms with Crippen LogP contribution < -0.4 is 0 Å². The Hall–Kier alpha value is -3.48. The molecule has 2 N–H and O–H groups in total. The molecule has 6 saturated heterocycles. The number of aliphatic hydroxyl groups excluding tert-OH is 2. The van der Waals surface area contributed by atoms with Gasteiger partial charge in [-0.15, -0.1) is 0 Å². The summed E-state index contributed by atoms with van der Waals surface area (Å²) in [7, 11) is 0. The summed E-state index contributed by atoms with van der Waals surface area (Å²) in [6.45, 7) is 20.0. The summed E-state index contributed by atoms with van der Waals surface area (Å²) in [4.78, 5) is 45.2. The van der Waals surface area contributed by atoms with Crippen molar-refractivity contribution in [1.82, 2.24) is 0 Å². The average Bonchev–Trinajstić information content (AvgIpc) is 3.90. The molecule has 0 aliphatic carbocycles. The summed E-state index contributed by atoms with van der Waals surface area (Å²) in [5, 5.41) is 18.9. The molecule has 0 aromatic heterocycles. The van der Waals surface area contributed by atoms with E-state index in [2.05, 4.69) is 26.3 Å². The molecule has 6 aliphatic rings. The maximum atomic E-state index is 11.5. The minimum Gasteiger partial charge on any atom is -0.454 e. The first-order chi connectivity index (χ1) is 23.2. The number of hydrogen-bond acceptors (Lipinski definition) is 16. The molecule has 12 unspecified atom stereocenters. The molecule has 6 aliphatic heterocycles. The van der Waals surface area contributed by atoms with Gasteiger partial charge >= 0.3 is 23.9 Å². The summed E-state index contributed by atoms with van der Waals surface area (Å²) < 4.78 is 52.8. The van der Waals surface area contributed by atoms with Crippen molar-refractivity contribution in [2.75, 3.05) is 39.6 Å². The molecule has 6 rings (SSSR count). The Morgan fingerprint density at radius 2 is 0.776 bits per heavy atom. The normalized spacial score (nSPS) is 36.3. The Morgan fingerprint density at radius 3 is 1.08 bits per heavy atom. The van der Waals surface area contributed by atoms with E-state index < -0.39 is 72.7 Å². The third-order valence-corrected chi connectivity index (χ3v) is 8.18. The van der Waals surface area contributed by atoms with Crippen LogP contribution in [0, 0.1) is 0 Å². The minimum atomic E-state index is -0.622. The number of fused-ring (bicyclic) bond motifs is 3. The van der Waals surface area contributed by atoms with E-state index in [1.807, 2.05) is 0 Å². The van der Waals surface area contributed by atoms with Crippen LogP contribution in [0.3, 0.4) is 0 Å².